The Bertz CT molecular complexity index is 906. The Morgan fingerprint density at radius 1 is 1.34 bits per heavy atom. The molecule has 1 aromatic rings. The summed E-state index contributed by atoms with van der Waals surface area (Å²) < 4.78 is 13.8. The lowest BCUT2D eigenvalue weighted by Gasteiger charge is -2.18. The Kier molecular flexibility index (Phi) is 6.37. The molecule has 0 fully saturated rings. The minimum atomic E-state index is -1.09. The fourth-order valence-electron chi connectivity index (χ4n) is 3.88. The Hall–Kier alpha value is -2.67. The van der Waals surface area contributed by atoms with Crippen molar-refractivity contribution in [2.75, 3.05) is 26.2 Å². The van der Waals surface area contributed by atoms with E-state index in [0.29, 0.717) is 34.6 Å². The lowest BCUT2D eigenvalue weighted by atomic mass is 9.95. The summed E-state index contributed by atoms with van der Waals surface area (Å²) in [5.74, 6) is -0.376. The van der Waals surface area contributed by atoms with Gasteiger partial charge in [-0.1, -0.05) is 13.8 Å². The van der Waals surface area contributed by atoms with Crippen molar-refractivity contribution in [2.45, 2.75) is 40.3 Å². The van der Waals surface area contributed by atoms with E-state index >= 15 is 0 Å². The van der Waals surface area contributed by atoms with E-state index in [1.807, 2.05) is 13.8 Å². The van der Waals surface area contributed by atoms with Gasteiger partial charge in [0.15, 0.2) is 0 Å². The average molecular weight is 400 g/mol. The van der Waals surface area contributed by atoms with Crippen LogP contribution in [0.15, 0.2) is 29.0 Å². The summed E-state index contributed by atoms with van der Waals surface area (Å²) in [7, 11) is 0. The van der Waals surface area contributed by atoms with Gasteiger partial charge in [-0.05, 0) is 56.3 Å². The maximum absolute atomic E-state index is 13.8. The number of alkyl halides is 1. The molecule has 1 aliphatic carbocycles. The van der Waals surface area contributed by atoms with Crippen molar-refractivity contribution in [2.24, 2.45) is 0 Å². The van der Waals surface area contributed by atoms with Crippen LogP contribution in [-0.4, -0.2) is 54.0 Å². The number of nitrogens with zero attached hydrogens (tertiary/aromatic N) is 1. The van der Waals surface area contributed by atoms with Gasteiger partial charge in [0.25, 0.3) is 11.8 Å². The van der Waals surface area contributed by atoms with Crippen LogP contribution < -0.4 is 10.6 Å². The molecule has 2 amide bonds. The number of likely N-dealkylation sites (N-methyl/N-ethyl adjacent to an activating group) is 1. The second-order valence-electron chi connectivity index (χ2n) is 7.43. The van der Waals surface area contributed by atoms with Crippen molar-refractivity contribution in [3.63, 3.8) is 0 Å². The quantitative estimate of drug-likeness (QED) is 0.616. The van der Waals surface area contributed by atoms with Gasteiger partial charge in [-0.25, -0.2) is 4.39 Å². The molecule has 0 radical (unpaired) electrons. The maximum atomic E-state index is 13.8. The molecule has 0 aromatic carbocycles. The molecule has 0 bridgehead atoms. The number of halogens is 1. The molecule has 0 saturated carbocycles. The van der Waals surface area contributed by atoms with E-state index in [4.69, 9.17) is 0 Å². The minimum absolute atomic E-state index is 0.131. The van der Waals surface area contributed by atoms with E-state index in [2.05, 4.69) is 34.4 Å². The third-order valence-electron chi connectivity index (χ3n) is 5.61. The summed E-state index contributed by atoms with van der Waals surface area (Å²) in [5.41, 5.74) is 4.60. The standard InChI is InChI=1S/C22H29FN4O2/c1-5-27(6-2)10-9-24-22(29)20-13(3)19(25-14(20)4)12-17-16-11-15(23)7-8-18(16)26-21(17)28/h7-8,12,15,25H,5-6,9-11H2,1-4H3,(H,24,29)(H,26,28)/b17-12-. The zero-order valence-corrected chi connectivity index (χ0v) is 17.5. The minimum Gasteiger partial charge on any atom is -0.358 e. The molecule has 2 heterocycles. The number of nitrogens with one attached hydrogen (secondary N) is 3. The number of aromatic amines is 1. The van der Waals surface area contributed by atoms with Crippen molar-refractivity contribution in [1.82, 2.24) is 20.5 Å². The van der Waals surface area contributed by atoms with Gasteiger partial charge >= 0.3 is 0 Å². The monoisotopic (exact) mass is 400 g/mol. The molecule has 1 aromatic heterocycles. The van der Waals surface area contributed by atoms with Crippen LogP contribution in [0.4, 0.5) is 4.39 Å². The number of carbonyl (C=O) groups is 2. The molecule has 0 saturated heterocycles. The lowest BCUT2D eigenvalue weighted by molar-refractivity contribution is -0.115. The van der Waals surface area contributed by atoms with Gasteiger partial charge < -0.3 is 20.5 Å². The Morgan fingerprint density at radius 2 is 2.07 bits per heavy atom. The van der Waals surface area contributed by atoms with E-state index in [1.54, 1.807) is 12.2 Å². The largest absolute Gasteiger partial charge is 0.358 e. The van der Waals surface area contributed by atoms with Gasteiger partial charge in [0, 0.05) is 42.2 Å². The molecule has 7 heteroatoms. The molecule has 156 valence electrons. The zero-order valence-electron chi connectivity index (χ0n) is 17.5. The van der Waals surface area contributed by atoms with E-state index in [0.717, 1.165) is 30.9 Å². The number of hydrogen-bond acceptors (Lipinski definition) is 3. The first kappa shape index (κ1) is 21.0. The highest BCUT2D eigenvalue weighted by Gasteiger charge is 2.30. The summed E-state index contributed by atoms with van der Waals surface area (Å²) in [4.78, 5) is 30.5. The number of aromatic nitrogens is 1. The van der Waals surface area contributed by atoms with Crippen LogP contribution in [0.1, 0.15) is 47.6 Å². The summed E-state index contributed by atoms with van der Waals surface area (Å²) >= 11 is 0. The molecular formula is C22H29FN4O2. The van der Waals surface area contributed by atoms with Gasteiger partial charge in [-0.15, -0.1) is 0 Å². The molecule has 1 aliphatic heterocycles. The molecular weight excluding hydrogens is 371 g/mol. The predicted molar refractivity (Wildman–Crippen MR) is 112 cm³/mol. The van der Waals surface area contributed by atoms with Crippen molar-refractivity contribution in [3.05, 3.63) is 51.5 Å². The molecule has 3 N–H and O–H groups in total. The van der Waals surface area contributed by atoms with E-state index in [1.165, 1.54) is 6.08 Å². The van der Waals surface area contributed by atoms with E-state index < -0.39 is 6.17 Å². The average Bonchev–Trinajstić information content (AvgIpc) is 3.14. The fourth-order valence-corrected chi connectivity index (χ4v) is 3.88. The van der Waals surface area contributed by atoms with Gasteiger partial charge in [-0.2, -0.15) is 0 Å². The van der Waals surface area contributed by atoms with Crippen LogP contribution in [0.25, 0.3) is 6.08 Å². The molecule has 2 aliphatic rings. The number of amides is 2. The fraction of sp³-hybridized carbons (Fsp3) is 0.455. The van der Waals surface area contributed by atoms with Crippen LogP contribution in [0, 0.1) is 13.8 Å². The second kappa shape index (κ2) is 8.78. The molecule has 1 unspecified atom stereocenters. The summed E-state index contributed by atoms with van der Waals surface area (Å²) in [5, 5.41) is 5.76. The number of hydrogen-bond donors (Lipinski definition) is 3. The highest BCUT2D eigenvalue weighted by molar-refractivity contribution is 6.07. The number of carbonyl (C=O) groups excluding carboxylic acids is 2. The van der Waals surface area contributed by atoms with Gasteiger partial charge in [0.1, 0.15) is 6.17 Å². The summed E-state index contributed by atoms with van der Waals surface area (Å²) in [6, 6.07) is 0. The van der Waals surface area contributed by atoms with Gasteiger partial charge in [-0.3, -0.25) is 9.59 Å². The highest BCUT2D eigenvalue weighted by Crippen LogP contribution is 2.33. The van der Waals surface area contributed by atoms with Crippen molar-refractivity contribution >= 4 is 17.9 Å². The number of aryl methyl sites for hydroxylation is 1. The molecule has 29 heavy (non-hydrogen) atoms. The molecule has 1 atom stereocenters. The first-order chi connectivity index (χ1) is 13.8. The normalized spacial score (nSPS) is 19.9. The molecule has 3 rings (SSSR count). The zero-order chi connectivity index (χ0) is 21.1. The number of allylic oxidation sites excluding steroid dienone is 2. The highest BCUT2D eigenvalue weighted by atomic mass is 19.1. The topological polar surface area (TPSA) is 77.2 Å². The first-order valence-electron chi connectivity index (χ1n) is 10.1. The van der Waals surface area contributed by atoms with Crippen molar-refractivity contribution < 1.29 is 14.0 Å². The summed E-state index contributed by atoms with van der Waals surface area (Å²) in [6.07, 6.45) is 3.87. The van der Waals surface area contributed by atoms with E-state index in [-0.39, 0.29) is 18.2 Å². The SMILES string of the molecule is CCN(CC)CCNC(=O)c1c(C)[nH]c(/C=C2\C(=O)NC3=C2CC(F)C=C3)c1C. The molecule has 6 nitrogen and oxygen atoms in total. The third kappa shape index (κ3) is 4.34. The Balaban J connectivity index is 1.80. The second-order valence-corrected chi connectivity index (χ2v) is 7.43. The summed E-state index contributed by atoms with van der Waals surface area (Å²) in [6.45, 7) is 11.2. The van der Waals surface area contributed by atoms with E-state index in [9.17, 15) is 14.0 Å². The maximum Gasteiger partial charge on any atom is 0.256 e. The van der Waals surface area contributed by atoms with Crippen LogP contribution in [0.5, 0.6) is 0 Å². The lowest BCUT2D eigenvalue weighted by Crippen LogP contribution is -2.35. The first-order valence-corrected chi connectivity index (χ1v) is 10.1. The van der Waals surface area contributed by atoms with Crippen LogP contribution >= 0.6 is 0 Å². The smallest absolute Gasteiger partial charge is 0.256 e. The van der Waals surface area contributed by atoms with Crippen LogP contribution in [0.2, 0.25) is 0 Å². The van der Waals surface area contributed by atoms with Gasteiger partial charge in [0.05, 0.1) is 5.56 Å². The number of H-pyrrole nitrogens is 1. The number of rotatable bonds is 7. The molecule has 0 spiro atoms. The third-order valence-corrected chi connectivity index (χ3v) is 5.61. The Morgan fingerprint density at radius 3 is 2.76 bits per heavy atom. The van der Waals surface area contributed by atoms with Gasteiger partial charge in [0.2, 0.25) is 0 Å². The van der Waals surface area contributed by atoms with Crippen molar-refractivity contribution in [3.8, 4) is 0 Å². The Labute approximate surface area is 170 Å². The predicted octanol–water partition coefficient (Wildman–Crippen LogP) is 2.77. The van der Waals surface area contributed by atoms with Crippen LogP contribution in [0.3, 0.4) is 0 Å². The van der Waals surface area contributed by atoms with Crippen molar-refractivity contribution in [1.29, 1.82) is 0 Å². The van der Waals surface area contributed by atoms with Crippen LogP contribution in [-0.2, 0) is 4.79 Å².